The van der Waals surface area contributed by atoms with Gasteiger partial charge in [0.2, 0.25) is 5.91 Å². The Morgan fingerprint density at radius 1 is 1.58 bits per heavy atom. The molecule has 0 radical (unpaired) electrons. The van der Waals surface area contributed by atoms with E-state index in [-0.39, 0.29) is 11.8 Å². The van der Waals surface area contributed by atoms with Gasteiger partial charge in [0.15, 0.2) is 0 Å². The quantitative estimate of drug-likeness (QED) is 0.848. The lowest BCUT2D eigenvalue weighted by Gasteiger charge is -2.19. The standard InChI is InChI=1S/C14H16ClF2NO/c1-8-6-14(8,7-18-13(19)9(2)15)11-4-3-10(16)5-12(11)17/h3-5,8-9H,6-7H2,1-2H3,(H,18,19). The first-order valence-electron chi connectivity index (χ1n) is 6.24. The zero-order valence-corrected chi connectivity index (χ0v) is 11.6. The number of rotatable bonds is 4. The number of amides is 1. The van der Waals surface area contributed by atoms with E-state index in [0.717, 1.165) is 12.5 Å². The van der Waals surface area contributed by atoms with Gasteiger partial charge in [0.1, 0.15) is 17.0 Å². The van der Waals surface area contributed by atoms with Crippen LogP contribution in [0.4, 0.5) is 8.78 Å². The number of hydrogen-bond donors (Lipinski definition) is 1. The molecular weight excluding hydrogens is 272 g/mol. The number of hydrogen-bond acceptors (Lipinski definition) is 1. The van der Waals surface area contributed by atoms with Crippen molar-refractivity contribution >= 4 is 17.5 Å². The van der Waals surface area contributed by atoms with Gasteiger partial charge in [0.25, 0.3) is 0 Å². The van der Waals surface area contributed by atoms with Gasteiger partial charge < -0.3 is 5.32 Å². The maximum Gasteiger partial charge on any atom is 0.237 e. The minimum absolute atomic E-state index is 0.249. The van der Waals surface area contributed by atoms with E-state index in [4.69, 9.17) is 11.6 Å². The third kappa shape index (κ3) is 2.73. The molecule has 2 nitrogen and oxygen atoms in total. The fourth-order valence-electron chi connectivity index (χ4n) is 2.48. The summed E-state index contributed by atoms with van der Waals surface area (Å²) in [5.74, 6) is -1.18. The van der Waals surface area contributed by atoms with Crippen molar-refractivity contribution in [3.05, 3.63) is 35.4 Å². The molecule has 104 valence electrons. The van der Waals surface area contributed by atoms with E-state index in [1.165, 1.54) is 12.1 Å². The van der Waals surface area contributed by atoms with Gasteiger partial charge in [0, 0.05) is 18.0 Å². The summed E-state index contributed by atoms with van der Waals surface area (Å²) in [5, 5.41) is 2.10. The number of halogens is 3. The lowest BCUT2D eigenvalue weighted by Crippen LogP contribution is -2.37. The molecule has 0 spiro atoms. The monoisotopic (exact) mass is 287 g/mol. The summed E-state index contributed by atoms with van der Waals surface area (Å²) in [6.45, 7) is 3.89. The summed E-state index contributed by atoms with van der Waals surface area (Å²) in [6, 6.07) is 3.59. The molecule has 3 unspecified atom stereocenters. The van der Waals surface area contributed by atoms with Gasteiger partial charge in [-0.05, 0) is 30.9 Å². The summed E-state index contributed by atoms with van der Waals surface area (Å²) in [5.41, 5.74) is 0.0306. The van der Waals surface area contributed by atoms with Gasteiger partial charge in [-0.1, -0.05) is 13.0 Å². The second kappa shape index (κ2) is 5.08. The van der Waals surface area contributed by atoms with Gasteiger partial charge in [0.05, 0.1) is 0 Å². The Balaban J connectivity index is 2.17. The zero-order chi connectivity index (χ0) is 14.2. The predicted octanol–water partition coefficient (Wildman–Crippen LogP) is 2.99. The fraction of sp³-hybridized carbons (Fsp3) is 0.500. The van der Waals surface area contributed by atoms with Crippen LogP contribution < -0.4 is 5.32 Å². The molecule has 1 aliphatic carbocycles. The van der Waals surface area contributed by atoms with E-state index < -0.39 is 22.4 Å². The van der Waals surface area contributed by atoms with E-state index in [2.05, 4.69) is 5.32 Å². The van der Waals surface area contributed by atoms with Crippen LogP contribution in [0.1, 0.15) is 25.8 Å². The summed E-state index contributed by atoms with van der Waals surface area (Å²) < 4.78 is 26.8. The smallest absolute Gasteiger partial charge is 0.237 e. The van der Waals surface area contributed by atoms with Crippen LogP contribution in [0.25, 0.3) is 0 Å². The molecule has 0 aliphatic heterocycles. The molecule has 1 aromatic carbocycles. The molecule has 0 saturated heterocycles. The highest BCUT2D eigenvalue weighted by atomic mass is 35.5. The third-order valence-electron chi connectivity index (χ3n) is 3.86. The number of benzene rings is 1. The van der Waals surface area contributed by atoms with Crippen LogP contribution in [0, 0.1) is 17.6 Å². The molecule has 0 aromatic heterocycles. The molecule has 1 aromatic rings. The van der Waals surface area contributed by atoms with E-state index >= 15 is 0 Å². The van der Waals surface area contributed by atoms with Crippen molar-refractivity contribution in [3.8, 4) is 0 Å². The molecule has 3 atom stereocenters. The van der Waals surface area contributed by atoms with Crippen molar-refractivity contribution in [2.45, 2.75) is 31.1 Å². The van der Waals surface area contributed by atoms with Crippen LogP contribution in [0.5, 0.6) is 0 Å². The second-order valence-electron chi connectivity index (χ2n) is 5.22. The SMILES string of the molecule is CC(Cl)C(=O)NCC1(c2ccc(F)cc2F)CC1C. The highest BCUT2D eigenvalue weighted by molar-refractivity contribution is 6.30. The Hall–Kier alpha value is -1.16. The van der Waals surface area contributed by atoms with Crippen LogP contribution in [0.15, 0.2) is 18.2 Å². The van der Waals surface area contributed by atoms with Crippen molar-refractivity contribution < 1.29 is 13.6 Å². The second-order valence-corrected chi connectivity index (χ2v) is 5.87. The summed E-state index contributed by atoms with van der Waals surface area (Å²) >= 11 is 5.68. The lowest BCUT2D eigenvalue weighted by molar-refractivity contribution is -0.120. The molecular formula is C14H16ClF2NO. The topological polar surface area (TPSA) is 29.1 Å². The summed E-state index contributed by atoms with van der Waals surface area (Å²) in [4.78, 5) is 11.5. The highest BCUT2D eigenvalue weighted by Gasteiger charge is 2.53. The van der Waals surface area contributed by atoms with Crippen molar-refractivity contribution in [2.24, 2.45) is 5.92 Å². The molecule has 1 aliphatic rings. The molecule has 1 saturated carbocycles. The van der Waals surface area contributed by atoms with Gasteiger partial charge in [-0.2, -0.15) is 0 Å². The molecule has 5 heteroatoms. The number of nitrogens with one attached hydrogen (secondary N) is 1. The van der Waals surface area contributed by atoms with Crippen LogP contribution >= 0.6 is 11.6 Å². The maximum absolute atomic E-state index is 13.9. The average Bonchev–Trinajstić information content (AvgIpc) is 2.97. The summed E-state index contributed by atoms with van der Waals surface area (Å²) in [7, 11) is 0. The van der Waals surface area contributed by atoms with Crippen LogP contribution in [0.2, 0.25) is 0 Å². The molecule has 19 heavy (non-hydrogen) atoms. The Kier molecular flexibility index (Phi) is 3.81. The Morgan fingerprint density at radius 3 is 2.68 bits per heavy atom. The molecule has 2 rings (SSSR count). The number of alkyl halides is 1. The molecule has 0 heterocycles. The Morgan fingerprint density at radius 2 is 2.21 bits per heavy atom. The van der Waals surface area contributed by atoms with Crippen molar-refractivity contribution in [1.82, 2.24) is 5.32 Å². The largest absolute Gasteiger partial charge is 0.354 e. The number of carbonyl (C=O) groups is 1. The van der Waals surface area contributed by atoms with E-state index in [0.29, 0.717) is 12.1 Å². The van der Waals surface area contributed by atoms with Crippen molar-refractivity contribution in [2.75, 3.05) is 6.54 Å². The fourth-order valence-corrected chi connectivity index (χ4v) is 2.56. The molecule has 0 bridgehead atoms. The van der Waals surface area contributed by atoms with Gasteiger partial charge in [-0.3, -0.25) is 4.79 Å². The van der Waals surface area contributed by atoms with Crippen molar-refractivity contribution in [3.63, 3.8) is 0 Å². The number of carbonyl (C=O) groups excluding carboxylic acids is 1. The van der Waals surface area contributed by atoms with E-state index in [1.54, 1.807) is 6.92 Å². The first-order chi connectivity index (χ1) is 8.86. The van der Waals surface area contributed by atoms with Gasteiger partial charge in [-0.15, -0.1) is 11.6 Å². The zero-order valence-electron chi connectivity index (χ0n) is 10.8. The normalized spacial score (nSPS) is 26.9. The first kappa shape index (κ1) is 14.3. The average molecular weight is 288 g/mol. The molecule has 1 N–H and O–H groups in total. The first-order valence-corrected chi connectivity index (χ1v) is 6.68. The lowest BCUT2D eigenvalue weighted by atomic mass is 9.92. The Labute approximate surface area is 116 Å². The van der Waals surface area contributed by atoms with E-state index in [1.807, 2.05) is 6.92 Å². The summed E-state index contributed by atoms with van der Waals surface area (Å²) in [6.07, 6.45) is 0.770. The minimum atomic E-state index is -0.621. The Bertz CT molecular complexity index is 506. The van der Waals surface area contributed by atoms with Gasteiger partial charge in [-0.25, -0.2) is 8.78 Å². The minimum Gasteiger partial charge on any atom is -0.354 e. The van der Waals surface area contributed by atoms with Crippen LogP contribution in [0.3, 0.4) is 0 Å². The third-order valence-corrected chi connectivity index (χ3v) is 4.06. The molecule has 1 amide bonds. The highest BCUT2D eigenvalue weighted by Crippen LogP contribution is 2.54. The van der Waals surface area contributed by atoms with E-state index in [9.17, 15) is 13.6 Å². The predicted molar refractivity (Wildman–Crippen MR) is 70.1 cm³/mol. The maximum atomic E-state index is 13.9. The molecule has 1 fully saturated rings. The van der Waals surface area contributed by atoms with Crippen LogP contribution in [-0.4, -0.2) is 17.8 Å². The van der Waals surface area contributed by atoms with Crippen LogP contribution in [-0.2, 0) is 10.2 Å². The van der Waals surface area contributed by atoms with Gasteiger partial charge >= 0.3 is 0 Å². The van der Waals surface area contributed by atoms with Crippen molar-refractivity contribution in [1.29, 1.82) is 0 Å².